The minimum absolute atomic E-state index is 0.0424. The number of alkyl halides is 5. The van der Waals surface area contributed by atoms with Crippen LogP contribution in [-0.2, 0) is 0 Å². The maximum atomic E-state index is 12.4. The van der Waals surface area contributed by atoms with E-state index in [1.165, 1.54) is 0 Å². The summed E-state index contributed by atoms with van der Waals surface area (Å²) in [5.74, 6) is -0.0424. The molecule has 1 aliphatic rings. The lowest BCUT2D eigenvalue weighted by atomic mass is 10.1. The summed E-state index contributed by atoms with van der Waals surface area (Å²) >= 11 is 0. The van der Waals surface area contributed by atoms with Gasteiger partial charge in [0, 0.05) is 11.1 Å². The van der Waals surface area contributed by atoms with Crippen molar-refractivity contribution in [2.24, 2.45) is 0 Å². The van der Waals surface area contributed by atoms with E-state index in [-0.39, 0.29) is 16.9 Å². The van der Waals surface area contributed by atoms with Crippen LogP contribution in [0.5, 0.6) is 5.75 Å². The number of fused-ring (bicyclic) bond motifs is 1. The van der Waals surface area contributed by atoms with E-state index in [1.54, 1.807) is 0 Å². The molecule has 0 radical (unpaired) electrons. The third-order valence-electron chi connectivity index (χ3n) is 2.31. The average molecular weight is 250 g/mol. The predicted molar refractivity (Wildman–Crippen MR) is 50.9 cm³/mol. The molecule has 1 nitrogen and oxygen atoms in total. The van der Waals surface area contributed by atoms with Gasteiger partial charge in [-0.2, -0.15) is 13.2 Å². The Bertz CT molecular complexity index is 450. The van der Waals surface area contributed by atoms with Crippen molar-refractivity contribution in [3.63, 3.8) is 0 Å². The Labute approximate surface area is 93.5 Å². The van der Waals surface area contributed by atoms with Crippen LogP contribution in [0.15, 0.2) is 24.3 Å². The highest BCUT2D eigenvalue weighted by Gasteiger charge is 2.41. The molecule has 1 aromatic rings. The van der Waals surface area contributed by atoms with Crippen LogP contribution in [0.25, 0.3) is 6.08 Å². The second-order valence-electron chi connectivity index (χ2n) is 3.54. The summed E-state index contributed by atoms with van der Waals surface area (Å²) in [6.45, 7) is 0. The van der Waals surface area contributed by atoms with Crippen LogP contribution < -0.4 is 4.74 Å². The smallest absolute Gasteiger partial charge is 0.429 e. The summed E-state index contributed by atoms with van der Waals surface area (Å²) in [6.07, 6.45) is -7.24. The van der Waals surface area contributed by atoms with E-state index >= 15 is 0 Å². The summed E-state index contributed by atoms with van der Waals surface area (Å²) in [7, 11) is 0. The second-order valence-corrected chi connectivity index (χ2v) is 3.54. The van der Waals surface area contributed by atoms with Gasteiger partial charge in [0.15, 0.2) is 0 Å². The van der Waals surface area contributed by atoms with E-state index in [4.69, 9.17) is 0 Å². The van der Waals surface area contributed by atoms with Gasteiger partial charge in [-0.3, -0.25) is 0 Å². The molecule has 1 unspecified atom stereocenters. The molecule has 92 valence electrons. The summed E-state index contributed by atoms with van der Waals surface area (Å²) in [5.41, 5.74) is -0.0224. The number of ether oxygens (including phenoxy) is 1. The first-order chi connectivity index (χ1) is 7.88. The normalized spacial score (nSPS) is 19.1. The van der Waals surface area contributed by atoms with Crippen molar-refractivity contribution < 1.29 is 26.7 Å². The zero-order valence-electron chi connectivity index (χ0n) is 8.34. The van der Waals surface area contributed by atoms with Crippen molar-refractivity contribution in [1.82, 2.24) is 0 Å². The van der Waals surface area contributed by atoms with Gasteiger partial charge < -0.3 is 4.74 Å². The molecule has 1 aliphatic heterocycles. The van der Waals surface area contributed by atoms with Gasteiger partial charge in [0.05, 0.1) is 0 Å². The fourth-order valence-electron chi connectivity index (χ4n) is 1.48. The predicted octanol–water partition coefficient (Wildman–Crippen LogP) is 3.96. The highest BCUT2D eigenvalue weighted by molar-refractivity contribution is 5.61. The van der Waals surface area contributed by atoms with Crippen molar-refractivity contribution in [2.75, 3.05) is 0 Å². The van der Waals surface area contributed by atoms with Gasteiger partial charge >= 0.3 is 6.18 Å². The lowest BCUT2D eigenvalue weighted by molar-refractivity contribution is -0.180. The third-order valence-corrected chi connectivity index (χ3v) is 2.31. The van der Waals surface area contributed by atoms with Crippen molar-refractivity contribution in [1.29, 1.82) is 0 Å². The van der Waals surface area contributed by atoms with Crippen molar-refractivity contribution in [3.8, 4) is 5.75 Å². The van der Waals surface area contributed by atoms with Crippen LogP contribution in [0.3, 0.4) is 0 Å². The molecule has 0 aromatic heterocycles. The lowest BCUT2D eigenvalue weighted by Crippen LogP contribution is -2.33. The fourth-order valence-corrected chi connectivity index (χ4v) is 1.48. The molecular formula is C11H7F5O. The van der Waals surface area contributed by atoms with E-state index in [1.807, 2.05) is 0 Å². The van der Waals surface area contributed by atoms with Gasteiger partial charge in [-0.15, -0.1) is 0 Å². The molecule has 0 amide bonds. The number of halogens is 5. The molecule has 0 saturated heterocycles. The Morgan fingerprint density at radius 1 is 1.18 bits per heavy atom. The van der Waals surface area contributed by atoms with Gasteiger partial charge in [-0.25, -0.2) is 8.78 Å². The summed E-state index contributed by atoms with van der Waals surface area (Å²) < 4.78 is 66.4. The first-order valence-electron chi connectivity index (χ1n) is 4.71. The summed E-state index contributed by atoms with van der Waals surface area (Å²) in [6, 6.07) is 3.29. The minimum atomic E-state index is -4.50. The fraction of sp³-hybridized carbons (Fsp3) is 0.273. The van der Waals surface area contributed by atoms with E-state index in [0.717, 1.165) is 30.4 Å². The summed E-state index contributed by atoms with van der Waals surface area (Å²) in [4.78, 5) is 0. The van der Waals surface area contributed by atoms with Crippen LogP contribution in [-0.4, -0.2) is 12.3 Å². The molecular weight excluding hydrogens is 243 g/mol. The molecule has 1 aromatic carbocycles. The topological polar surface area (TPSA) is 9.23 Å². The molecule has 2 rings (SSSR count). The third kappa shape index (κ3) is 2.40. The molecule has 1 heterocycles. The number of hydrogen-bond acceptors (Lipinski definition) is 1. The Balaban J connectivity index is 2.30. The van der Waals surface area contributed by atoms with Crippen LogP contribution in [0, 0.1) is 0 Å². The highest BCUT2D eigenvalue weighted by atomic mass is 19.4. The van der Waals surface area contributed by atoms with Gasteiger partial charge in [0.2, 0.25) is 6.10 Å². The van der Waals surface area contributed by atoms with E-state index < -0.39 is 18.7 Å². The molecule has 1 atom stereocenters. The Kier molecular flexibility index (Phi) is 2.81. The van der Waals surface area contributed by atoms with Crippen molar-refractivity contribution in [2.45, 2.75) is 18.7 Å². The Morgan fingerprint density at radius 2 is 1.88 bits per heavy atom. The molecule has 17 heavy (non-hydrogen) atoms. The van der Waals surface area contributed by atoms with Gasteiger partial charge in [0.1, 0.15) is 5.75 Å². The quantitative estimate of drug-likeness (QED) is 0.685. The summed E-state index contributed by atoms with van der Waals surface area (Å²) in [5, 5.41) is 0. The molecule has 0 aliphatic carbocycles. The largest absolute Gasteiger partial charge is 0.476 e. The maximum absolute atomic E-state index is 12.4. The van der Waals surface area contributed by atoms with E-state index in [0.29, 0.717) is 0 Å². The van der Waals surface area contributed by atoms with Gasteiger partial charge in [-0.05, 0) is 24.3 Å². The first kappa shape index (κ1) is 11.9. The van der Waals surface area contributed by atoms with Crippen LogP contribution in [0.1, 0.15) is 17.6 Å². The van der Waals surface area contributed by atoms with Crippen LogP contribution in [0.2, 0.25) is 0 Å². The molecule has 0 saturated carbocycles. The lowest BCUT2D eigenvalue weighted by Gasteiger charge is -2.23. The molecule has 0 fully saturated rings. The standard InChI is InChI=1S/C11H7F5O/c12-10(13)7-1-3-8-6(5-7)2-4-9(17-8)11(14,15)16/h1-5,9-10H. The maximum Gasteiger partial charge on any atom is 0.429 e. The Morgan fingerprint density at radius 3 is 2.47 bits per heavy atom. The van der Waals surface area contributed by atoms with E-state index in [9.17, 15) is 22.0 Å². The van der Waals surface area contributed by atoms with Gasteiger partial charge in [-0.1, -0.05) is 6.08 Å². The highest BCUT2D eigenvalue weighted by Crippen LogP contribution is 2.34. The Hall–Kier alpha value is -1.59. The number of hydrogen-bond donors (Lipinski definition) is 0. The molecule has 0 spiro atoms. The first-order valence-corrected chi connectivity index (χ1v) is 4.71. The monoisotopic (exact) mass is 250 g/mol. The number of rotatable bonds is 1. The zero-order valence-corrected chi connectivity index (χ0v) is 8.34. The molecule has 0 bridgehead atoms. The zero-order chi connectivity index (χ0) is 12.6. The molecule has 6 heteroatoms. The molecule has 0 N–H and O–H groups in total. The number of benzene rings is 1. The van der Waals surface area contributed by atoms with Gasteiger partial charge in [0.25, 0.3) is 6.43 Å². The van der Waals surface area contributed by atoms with E-state index in [2.05, 4.69) is 4.74 Å². The minimum Gasteiger partial charge on any atom is -0.476 e. The van der Waals surface area contributed by atoms with Crippen molar-refractivity contribution in [3.05, 3.63) is 35.4 Å². The SMILES string of the molecule is FC(F)c1ccc2c(c1)C=CC(C(F)(F)F)O2. The average Bonchev–Trinajstić information content (AvgIpc) is 2.26. The van der Waals surface area contributed by atoms with Crippen molar-refractivity contribution >= 4 is 6.08 Å². The van der Waals surface area contributed by atoms with Crippen LogP contribution >= 0.6 is 0 Å². The second kappa shape index (κ2) is 4.01. The van der Waals surface area contributed by atoms with Crippen LogP contribution in [0.4, 0.5) is 22.0 Å².